The molecule has 0 aliphatic heterocycles. The molecule has 1 aromatic heterocycles. The van der Waals surface area contributed by atoms with Crippen molar-refractivity contribution in [3.63, 3.8) is 0 Å². The average Bonchev–Trinajstić information content (AvgIpc) is 2.87. The number of fused-ring (bicyclic) bond motifs is 1. The second kappa shape index (κ2) is 3.22. The second-order valence-electron chi connectivity index (χ2n) is 4.63. The van der Waals surface area contributed by atoms with Crippen LogP contribution in [0.2, 0.25) is 0 Å². The summed E-state index contributed by atoms with van der Waals surface area (Å²) in [5.74, 6) is 0.699. The van der Waals surface area contributed by atoms with E-state index in [-0.39, 0.29) is 5.54 Å². The molecule has 1 aliphatic rings. The smallest absolute Gasteiger partial charge is 0.192 e. The zero-order chi connectivity index (χ0) is 11.2. The first-order chi connectivity index (χ1) is 7.65. The third kappa shape index (κ3) is 1.76. The molecule has 0 spiro atoms. The maximum absolute atomic E-state index is 6.01. The Labute approximate surface area is 93.8 Å². The van der Waals surface area contributed by atoms with Gasteiger partial charge in [0, 0.05) is 24.7 Å². The van der Waals surface area contributed by atoms with Gasteiger partial charge in [-0.1, -0.05) is 0 Å². The first kappa shape index (κ1) is 9.66. The Bertz CT molecular complexity index is 528. The quantitative estimate of drug-likeness (QED) is 0.825. The van der Waals surface area contributed by atoms with Crippen LogP contribution in [0, 0.1) is 6.92 Å². The molecule has 84 valence electrons. The van der Waals surface area contributed by atoms with Gasteiger partial charge in [-0.15, -0.1) is 0 Å². The molecule has 0 saturated heterocycles. The van der Waals surface area contributed by atoms with Crippen molar-refractivity contribution in [3.8, 4) is 0 Å². The summed E-state index contributed by atoms with van der Waals surface area (Å²) in [5.41, 5.74) is 8.81. The third-order valence-electron chi connectivity index (χ3n) is 3.03. The molecule has 4 nitrogen and oxygen atoms in total. The zero-order valence-electron chi connectivity index (χ0n) is 9.29. The van der Waals surface area contributed by atoms with Crippen molar-refractivity contribution in [1.82, 2.24) is 4.98 Å². The highest BCUT2D eigenvalue weighted by Gasteiger charge is 2.37. The Balaban J connectivity index is 1.81. The van der Waals surface area contributed by atoms with Gasteiger partial charge in [-0.25, -0.2) is 4.98 Å². The highest BCUT2D eigenvalue weighted by Crippen LogP contribution is 2.32. The fourth-order valence-corrected chi connectivity index (χ4v) is 1.77. The lowest BCUT2D eigenvalue weighted by atomic mass is 10.2. The first-order valence-corrected chi connectivity index (χ1v) is 5.55. The largest absolute Gasteiger partial charge is 0.441 e. The van der Waals surface area contributed by atoms with Crippen molar-refractivity contribution < 1.29 is 4.42 Å². The van der Waals surface area contributed by atoms with Crippen molar-refractivity contribution in [3.05, 3.63) is 24.1 Å². The van der Waals surface area contributed by atoms with Gasteiger partial charge < -0.3 is 15.5 Å². The normalized spacial score (nSPS) is 17.6. The van der Waals surface area contributed by atoms with E-state index < -0.39 is 0 Å². The van der Waals surface area contributed by atoms with Crippen LogP contribution in [0.1, 0.15) is 18.7 Å². The molecule has 0 radical (unpaired) electrons. The van der Waals surface area contributed by atoms with E-state index in [1.165, 1.54) is 0 Å². The second-order valence-corrected chi connectivity index (χ2v) is 4.63. The molecule has 1 saturated carbocycles. The molecule has 1 heterocycles. The van der Waals surface area contributed by atoms with Gasteiger partial charge in [0.25, 0.3) is 0 Å². The first-order valence-electron chi connectivity index (χ1n) is 5.55. The molecule has 16 heavy (non-hydrogen) atoms. The predicted molar refractivity (Wildman–Crippen MR) is 63.4 cm³/mol. The number of benzene rings is 1. The minimum atomic E-state index is 0.0225. The summed E-state index contributed by atoms with van der Waals surface area (Å²) in [6.45, 7) is 2.68. The van der Waals surface area contributed by atoms with E-state index in [0.29, 0.717) is 5.89 Å². The molecule has 0 amide bonds. The van der Waals surface area contributed by atoms with Crippen LogP contribution in [-0.4, -0.2) is 17.1 Å². The van der Waals surface area contributed by atoms with E-state index >= 15 is 0 Å². The van der Waals surface area contributed by atoms with Crippen molar-refractivity contribution in [2.45, 2.75) is 25.3 Å². The maximum atomic E-state index is 6.01. The Hall–Kier alpha value is -1.55. The third-order valence-corrected chi connectivity index (χ3v) is 3.03. The SMILES string of the molecule is Cc1nc2cc(NCC3(N)CC3)ccc2o1. The van der Waals surface area contributed by atoms with Crippen LogP contribution in [0.5, 0.6) is 0 Å². The molecular weight excluding hydrogens is 202 g/mol. The van der Waals surface area contributed by atoms with Gasteiger partial charge in [0.15, 0.2) is 11.5 Å². The van der Waals surface area contributed by atoms with E-state index in [9.17, 15) is 0 Å². The average molecular weight is 217 g/mol. The van der Waals surface area contributed by atoms with Crippen molar-refractivity contribution in [2.24, 2.45) is 5.73 Å². The molecule has 1 aromatic carbocycles. The number of aromatic nitrogens is 1. The van der Waals surface area contributed by atoms with E-state index in [1.54, 1.807) is 0 Å². The van der Waals surface area contributed by atoms with Gasteiger partial charge in [-0.2, -0.15) is 0 Å². The van der Waals surface area contributed by atoms with Gasteiger partial charge >= 0.3 is 0 Å². The number of aryl methyl sites for hydroxylation is 1. The maximum Gasteiger partial charge on any atom is 0.192 e. The number of hydrogen-bond acceptors (Lipinski definition) is 4. The lowest BCUT2D eigenvalue weighted by Gasteiger charge is -2.10. The number of nitrogens with one attached hydrogen (secondary N) is 1. The molecule has 0 unspecified atom stereocenters. The van der Waals surface area contributed by atoms with Crippen LogP contribution in [0.25, 0.3) is 11.1 Å². The highest BCUT2D eigenvalue weighted by atomic mass is 16.3. The van der Waals surface area contributed by atoms with E-state index in [0.717, 1.165) is 36.2 Å². The number of nitrogens with two attached hydrogens (primary N) is 1. The van der Waals surface area contributed by atoms with Gasteiger partial charge in [-0.3, -0.25) is 0 Å². The zero-order valence-corrected chi connectivity index (χ0v) is 9.29. The summed E-state index contributed by atoms with van der Waals surface area (Å²) in [4.78, 5) is 4.30. The van der Waals surface area contributed by atoms with Gasteiger partial charge in [0.2, 0.25) is 0 Å². The molecule has 0 atom stereocenters. The van der Waals surface area contributed by atoms with E-state index in [1.807, 2.05) is 25.1 Å². The number of oxazole rings is 1. The van der Waals surface area contributed by atoms with Gasteiger partial charge in [-0.05, 0) is 31.0 Å². The minimum absolute atomic E-state index is 0.0225. The van der Waals surface area contributed by atoms with Crippen molar-refractivity contribution in [1.29, 1.82) is 0 Å². The summed E-state index contributed by atoms with van der Waals surface area (Å²) in [5, 5.41) is 3.34. The topological polar surface area (TPSA) is 64.1 Å². The number of rotatable bonds is 3. The Morgan fingerprint density at radius 3 is 3.06 bits per heavy atom. The summed E-state index contributed by atoms with van der Waals surface area (Å²) in [6, 6.07) is 5.93. The fourth-order valence-electron chi connectivity index (χ4n) is 1.77. The Kier molecular flexibility index (Phi) is 1.94. The molecule has 1 aliphatic carbocycles. The molecule has 3 rings (SSSR count). The van der Waals surface area contributed by atoms with Crippen LogP contribution in [-0.2, 0) is 0 Å². The number of anilines is 1. The summed E-state index contributed by atoms with van der Waals surface area (Å²) < 4.78 is 5.42. The van der Waals surface area contributed by atoms with Crippen molar-refractivity contribution in [2.75, 3.05) is 11.9 Å². The van der Waals surface area contributed by atoms with E-state index in [4.69, 9.17) is 10.2 Å². The molecule has 2 aromatic rings. The van der Waals surface area contributed by atoms with Crippen LogP contribution in [0.15, 0.2) is 22.6 Å². The minimum Gasteiger partial charge on any atom is -0.441 e. The van der Waals surface area contributed by atoms with Crippen molar-refractivity contribution >= 4 is 16.8 Å². The lowest BCUT2D eigenvalue weighted by Crippen LogP contribution is -2.30. The summed E-state index contributed by atoms with van der Waals surface area (Å²) in [6.07, 6.45) is 2.23. The lowest BCUT2D eigenvalue weighted by molar-refractivity contribution is 0.561. The van der Waals surface area contributed by atoms with E-state index in [2.05, 4.69) is 10.3 Å². The molecule has 4 heteroatoms. The predicted octanol–water partition coefficient (Wildman–Crippen LogP) is 2.04. The summed E-state index contributed by atoms with van der Waals surface area (Å²) in [7, 11) is 0. The molecule has 1 fully saturated rings. The number of nitrogens with zero attached hydrogens (tertiary/aromatic N) is 1. The number of hydrogen-bond donors (Lipinski definition) is 2. The Morgan fingerprint density at radius 1 is 1.50 bits per heavy atom. The van der Waals surface area contributed by atoms with Crippen LogP contribution in [0.3, 0.4) is 0 Å². The summed E-state index contributed by atoms with van der Waals surface area (Å²) >= 11 is 0. The molecule has 0 bridgehead atoms. The van der Waals surface area contributed by atoms with Gasteiger partial charge in [0.1, 0.15) is 5.52 Å². The van der Waals surface area contributed by atoms with Crippen LogP contribution >= 0.6 is 0 Å². The standard InChI is InChI=1S/C12H15N3O/c1-8-15-10-6-9(2-3-11(10)16-8)14-7-12(13)4-5-12/h2-3,6,14H,4-5,7,13H2,1H3. The van der Waals surface area contributed by atoms with Crippen LogP contribution < -0.4 is 11.1 Å². The monoisotopic (exact) mass is 217 g/mol. The molecular formula is C12H15N3O. The highest BCUT2D eigenvalue weighted by molar-refractivity contribution is 5.77. The van der Waals surface area contributed by atoms with Gasteiger partial charge in [0.05, 0.1) is 0 Å². The molecule has 3 N–H and O–H groups in total. The van der Waals surface area contributed by atoms with Crippen LogP contribution in [0.4, 0.5) is 5.69 Å². The fraction of sp³-hybridized carbons (Fsp3) is 0.417. The Morgan fingerprint density at radius 2 is 2.31 bits per heavy atom.